The maximum absolute atomic E-state index is 11.8. The van der Waals surface area contributed by atoms with E-state index in [1.807, 2.05) is 0 Å². The van der Waals surface area contributed by atoms with Gasteiger partial charge in [0.2, 0.25) is 0 Å². The fourth-order valence-electron chi connectivity index (χ4n) is 1.39. The van der Waals surface area contributed by atoms with E-state index in [2.05, 4.69) is 5.32 Å². The molecule has 0 radical (unpaired) electrons. The van der Waals surface area contributed by atoms with Crippen molar-refractivity contribution in [3.05, 3.63) is 38.9 Å². The summed E-state index contributed by atoms with van der Waals surface area (Å²) in [5.41, 5.74) is 0.0479. The first kappa shape index (κ1) is 14.4. The van der Waals surface area contributed by atoms with Crippen LogP contribution in [0.15, 0.2) is 18.2 Å². The van der Waals surface area contributed by atoms with Crippen molar-refractivity contribution in [2.45, 2.75) is 13.0 Å². The fraction of sp³-hybridized carbons (Fsp3) is 0.364. The van der Waals surface area contributed by atoms with Crippen LogP contribution in [0.25, 0.3) is 0 Å². The van der Waals surface area contributed by atoms with Gasteiger partial charge >= 0.3 is 0 Å². The summed E-state index contributed by atoms with van der Waals surface area (Å²) >= 11 is 5.83. The van der Waals surface area contributed by atoms with Gasteiger partial charge in [-0.25, -0.2) is 0 Å². The second-order valence-electron chi connectivity index (χ2n) is 3.75. The highest BCUT2D eigenvalue weighted by Gasteiger charge is 2.16. The maximum Gasteiger partial charge on any atom is 0.270 e. The van der Waals surface area contributed by atoms with Gasteiger partial charge < -0.3 is 10.1 Å². The Hall–Kier alpha value is -1.66. The molecule has 1 aromatic carbocycles. The van der Waals surface area contributed by atoms with Gasteiger partial charge in [-0.15, -0.1) is 0 Å². The number of ether oxygens (including phenoxy) is 1. The lowest BCUT2D eigenvalue weighted by atomic mass is 10.2. The molecular weight excluding hydrogens is 260 g/mol. The average molecular weight is 273 g/mol. The molecule has 0 bridgehead atoms. The van der Waals surface area contributed by atoms with Crippen molar-refractivity contribution in [3.63, 3.8) is 0 Å². The van der Waals surface area contributed by atoms with Gasteiger partial charge in [-0.2, -0.15) is 0 Å². The first-order chi connectivity index (χ1) is 8.45. The third kappa shape index (κ3) is 3.68. The van der Waals surface area contributed by atoms with Crippen LogP contribution in [-0.4, -0.2) is 30.6 Å². The van der Waals surface area contributed by atoms with E-state index in [-0.39, 0.29) is 28.2 Å². The third-order valence-electron chi connectivity index (χ3n) is 2.20. The van der Waals surface area contributed by atoms with Crippen LogP contribution in [0, 0.1) is 10.1 Å². The Balaban J connectivity index is 2.84. The molecular formula is C11H13ClN2O4. The Kier molecular flexibility index (Phi) is 5.06. The number of halogens is 1. The Morgan fingerprint density at radius 3 is 2.78 bits per heavy atom. The van der Waals surface area contributed by atoms with Crippen LogP contribution < -0.4 is 5.32 Å². The molecule has 0 saturated carbocycles. The second-order valence-corrected chi connectivity index (χ2v) is 4.16. The zero-order valence-corrected chi connectivity index (χ0v) is 10.7. The summed E-state index contributed by atoms with van der Waals surface area (Å²) in [6, 6.07) is 3.54. The van der Waals surface area contributed by atoms with Crippen molar-refractivity contribution in [1.29, 1.82) is 0 Å². The molecule has 0 aliphatic carbocycles. The second kappa shape index (κ2) is 6.32. The van der Waals surface area contributed by atoms with E-state index in [1.54, 1.807) is 6.92 Å². The number of carbonyl (C=O) groups excluding carboxylic acids is 1. The number of nitrogens with zero attached hydrogens (tertiary/aromatic N) is 1. The molecule has 7 heteroatoms. The smallest absolute Gasteiger partial charge is 0.270 e. The molecule has 1 N–H and O–H groups in total. The molecule has 0 aliphatic rings. The molecule has 0 fully saturated rings. The molecule has 98 valence electrons. The summed E-state index contributed by atoms with van der Waals surface area (Å²) in [6.07, 6.45) is 0. The average Bonchev–Trinajstić information content (AvgIpc) is 2.28. The highest BCUT2D eigenvalue weighted by atomic mass is 35.5. The molecule has 0 saturated heterocycles. The Morgan fingerprint density at radius 2 is 2.28 bits per heavy atom. The largest absolute Gasteiger partial charge is 0.383 e. The van der Waals surface area contributed by atoms with Crippen molar-refractivity contribution in [2.24, 2.45) is 0 Å². The van der Waals surface area contributed by atoms with Crippen molar-refractivity contribution in [2.75, 3.05) is 13.7 Å². The Bertz CT molecular complexity index is 464. The standard InChI is InChI=1S/C11H13ClN2O4/c1-7(6-18-2)13-11(15)9-4-3-8(14(16)17)5-10(9)12/h3-5,7H,6H2,1-2H3,(H,13,15)/t7-/m0/s1. The summed E-state index contributed by atoms with van der Waals surface area (Å²) in [7, 11) is 1.53. The molecule has 6 nitrogen and oxygen atoms in total. The number of hydrogen-bond donors (Lipinski definition) is 1. The van der Waals surface area contributed by atoms with Gasteiger partial charge in [-0.1, -0.05) is 11.6 Å². The molecule has 0 aromatic heterocycles. The zero-order chi connectivity index (χ0) is 13.7. The minimum atomic E-state index is -0.568. The van der Waals surface area contributed by atoms with E-state index in [4.69, 9.17) is 16.3 Å². The van der Waals surface area contributed by atoms with Gasteiger partial charge in [0.15, 0.2) is 0 Å². The zero-order valence-electron chi connectivity index (χ0n) is 9.97. The van der Waals surface area contributed by atoms with Gasteiger partial charge in [0, 0.05) is 25.3 Å². The molecule has 0 spiro atoms. The van der Waals surface area contributed by atoms with Crippen molar-refractivity contribution >= 4 is 23.2 Å². The molecule has 18 heavy (non-hydrogen) atoms. The first-order valence-corrected chi connectivity index (χ1v) is 5.57. The normalized spacial score (nSPS) is 11.9. The topological polar surface area (TPSA) is 81.5 Å². The lowest BCUT2D eigenvalue weighted by Gasteiger charge is -2.13. The van der Waals surface area contributed by atoms with Crippen LogP contribution in [0.1, 0.15) is 17.3 Å². The van der Waals surface area contributed by atoms with E-state index < -0.39 is 4.92 Å². The Morgan fingerprint density at radius 1 is 1.61 bits per heavy atom. The summed E-state index contributed by atoms with van der Waals surface area (Å²) in [6.45, 7) is 2.15. The number of amides is 1. The van der Waals surface area contributed by atoms with Crippen LogP contribution in [-0.2, 0) is 4.74 Å². The van der Waals surface area contributed by atoms with E-state index in [9.17, 15) is 14.9 Å². The molecule has 0 aliphatic heterocycles. The molecule has 1 rings (SSSR count). The highest BCUT2D eigenvalue weighted by molar-refractivity contribution is 6.34. The minimum Gasteiger partial charge on any atom is -0.383 e. The van der Waals surface area contributed by atoms with Gasteiger partial charge in [-0.05, 0) is 13.0 Å². The number of rotatable bonds is 5. The number of non-ortho nitro benzene ring substituents is 1. The first-order valence-electron chi connectivity index (χ1n) is 5.19. The van der Waals surface area contributed by atoms with E-state index in [0.29, 0.717) is 6.61 Å². The predicted molar refractivity (Wildman–Crippen MR) is 66.9 cm³/mol. The molecule has 0 unspecified atom stereocenters. The van der Waals surface area contributed by atoms with Crippen LogP contribution in [0.4, 0.5) is 5.69 Å². The molecule has 1 amide bonds. The molecule has 1 aromatic rings. The van der Waals surface area contributed by atoms with Crippen LogP contribution in [0.2, 0.25) is 5.02 Å². The predicted octanol–water partition coefficient (Wildman–Crippen LogP) is 2.01. The monoisotopic (exact) mass is 272 g/mol. The number of carbonyl (C=O) groups is 1. The molecule has 1 atom stereocenters. The maximum atomic E-state index is 11.8. The summed E-state index contributed by atoms with van der Waals surface area (Å²) in [5.74, 6) is -0.389. The van der Waals surface area contributed by atoms with Crippen LogP contribution in [0.3, 0.4) is 0 Å². The van der Waals surface area contributed by atoms with Crippen molar-refractivity contribution in [3.8, 4) is 0 Å². The van der Waals surface area contributed by atoms with Gasteiger partial charge in [0.1, 0.15) is 0 Å². The fourth-order valence-corrected chi connectivity index (χ4v) is 1.66. The number of methoxy groups -OCH3 is 1. The van der Waals surface area contributed by atoms with E-state index in [1.165, 1.54) is 19.2 Å². The molecule has 0 heterocycles. The highest BCUT2D eigenvalue weighted by Crippen LogP contribution is 2.22. The summed E-state index contributed by atoms with van der Waals surface area (Å²) in [5, 5.41) is 13.2. The van der Waals surface area contributed by atoms with Gasteiger partial charge in [-0.3, -0.25) is 14.9 Å². The number of nitro groups is 1. The number of benzene rings is 1. The SMILES string of the molecule is COC[C@H](C)NC(=O)c1ccc([N+](=O)[O-])cc1Cl. The van der Waals surface area contributed by atoms with Crippen LogP contribution in [0.5, 0.6) is 0 Å². The van der Waals surface area contributed by atoms with Gasteiger partial charge in [0.25, 0.3) is 11.6 Å². The third-order valence-corrected chi connectivity index (χ3v) is 2.51. The summed E-state index contributed by atoms with van der Waals surface area (Å²) < 4.78 is 4.88. The number of hydrogen-bond acceptors (Lipinski definition) is 4. The number of nitrogens with one attached hydrogen (secondary N) is 1. The lowest BCUT2D eigenvalue weighted by Crippen LogP contribution is -2.35. The minimum absolute atomic E-state index is 0.0475. The van der Waals surface area contributed by atoms with Crippen molar-refractivity contribution in [1.82, 2.24) is 5.32 Å². The quantitative estimate of drug-likeness (QED) is 0.657. The number of nitro benzene ring substituents is 1. The summed E-state index contributed by atoms with van der Waals surface area (Å²) in [4.78, 5) is 21.8. The lowest BCUT2D eigenvalue weighted by molar-refractivity contribution is -0.384. The van der Waals surface area contributed by atoms with E-state index >= 15 is 0 Å². The van der Waals surface area contributed by atoms with Crippen LogP contribution >= 0.6 is 11.6 Å². The van der Waals surface area contributed by atoms with Gasteiger partial charge in [0.05, 0.1) is 22.1 Å². The van der Waals surface area contributed by atoms with E-state index in [0.717, 1.165) is 6.07 Å². The van der Waals surface area contributed by atoms with Crippen molar-refractivity contribution < 1.29 is 14.5 Å². The Labute approximate surface area is 109 Å².